The number of benzene rings is 2. The monoisotopic (exact) mass is 308 g/mol. The number of hydrogen-bond donors (Lipinski definition) is 1. The van der Waals surface area contributed by atoms with E-state index in [9.17, 15) is 5.11 Å². The van der Waals surface area contributed by atoms with E-state index < -0.39 is 11.9 Å². The molecule has 2 aromatic rings. The van der Waals surface area contributed by atoms with Crippen LogP contribution in [-0.4, -0.2) is 17.0 Å². The predicted molar refractivity (Wildman–Crippen MR) is 87.6 cm³/mol. The Morgan fingerprint density at radius 3 is 1.78 bits per heavy atom. The maximum Gasteiger partial charge on any atom is 0.189 e. The van der Waals surface area contributed by atoms with E-state index >= 15 is 0 Å². The zero-order valence-corrected chi connectivity index (χ0v) is 12.8. The van der Waals surface area contributed by atoms with Crippen LogP contribution >= 0.6 is 0 Å². The zero-order chi connectivity index (χ0) is 15.7. The summed E-state index contributed by atoms with van der Waals surface area (Å²) in [5, 5.41) is 9.72. The van der Waals surface area contributed by atoms with Gasteiger partial charge >= 0.3 is 0 Å². The third kappa shape index (κ3) is 2.83. The molecule has 0 amide bonds. The van der Waals surface area contributed by atoms with Crippen molar-refractivity contribution in [3.05, 3.63) is 83.9 Å². The van der Waals surface area contributed by atoms with Gasteiger partial charge in [-0.25, -0.2) is 0 Å². The lowest BCUT2D eigenvalue weighted by molar-refractivity contribution is -0.150. The molecule has 1 aliphatic carbocycles. The van der Waals surface area contributed by atoms with Crippen LogP contribution in [0.4, 0.5) is 0 Å². The molecular formula is C20H20O3. The molecule has 0 unspecified atom stereocenters. The lowest BCUT2D eigenvalue weighted by Gasteiger charge is -2.29. The Kier molecular flexibility index (Phi) is 3.77. The molecule has 0 aromatic heterocycles. The molecule has 3 atom stereocenters. The van der Waals surface area contributed by atoms with Crippen LogP contribution < -0.4 is 0 Å². The minimum atomic E-state index is -0.736. The first-order chi connectivity index (χ1) is 11.3. The minimum absolute atomic E-state index is 0.154. The van der Waals surface area contributed by atoms with Crippen LogP contribution in [0.1, 0.15) is 36.2 Å². The van der Waals surface area contributed by atoms with Gasteiger partial charge in [0.25, 0.3) is 0 Å². The molecule has 1 heterocycles. The third-order valence-electron chi connectivity index (χ3n) is 4.54. The summed E-state index contributed by atoms with van der Waals surface area (Å²) < 4.78 is 12.7. The smallest absolute Gasteiger partial charge is 0.189 e. The van der Waals surface area contributed by atoms with Crippen LogP contribution in [-0.2, 0) is 9.47 Å². The van der Waals surface area contributed by atoms with Crippen LogP contribution in [0.2, 0.25) is 0 Å². The first kappa shape index (κ1) is 14.6. The van der Waals surface area contributed by atoms with Crippen LogP contribution in [0.15, 0.2) is 72.8 Å². The minimum Gasteiger partial charge on any atom is -0.389 e. The quantitative estimate of drug-likeness (QED) is 0.855. The molecule has 3 nitrogen and oxygen atoms in total. The molecule has 23 heavy (non-hydrogen) atoms. The number of aliphatic hydroxyl groups is 1. The van der Waals surface area contributed by atoms with E-state index in [2.05, 4.69) is 24.3 Å². The Morgan fingerprint density at radius 2 is 1.35 bits per heavy atom. The molecule has 1 saturated heterocycles. The third-order valence-corrected chi connectivity index (χ3v) is 4.54. The molecule has 2 aliphatic rings. The van der Waals surface area contributed by atoms with E-state index in [0.29, 0.717) is 12.8 Å². The summed E-state index contributed by atoms with van der Waals surface area (Å²) in [6.07, 6.45) is 4.26. The average molecular weight is 308 g/mol. The van der Waals surface area contributed by atoms with Gasteiger partial charge in [-0.2, -0.15) is 0 Å². The largest absolute Gasteiger partial charge is 0.389 e. The molecule has 1 spiro atoms. The van der Waals surface area contributed by atoms with E-state index in [1.165, 1.54) is 0 Å². The van der Waals surface area contributed by atoms with Crippen molar-refractivity contribution < 1.29 is 14.6 Å². The molecule has 4 rings (SSSR count). The van der Waals surface area contributed by atoms with Gasteiger partial charge in [0.1, 0.15) is 12.2 Å². The summed E-state index contributed by atoms with van der Waals surface area (Å²) in [7, 11) is 0. The number of rotatable bonds is 2. The van der Waals surface area contributed by atoms with Crippen molar-refractivity contribution in [2.75, 3.05) is 0 Å². The molecular weight excluding hydrogens is 288 g/mol. The van der Waals surface area contributed by atoms with Crippen molar-refractivity contribution in [1.29, 1.82) is 0 Å². The van der Waals surface area contributed by atoms with Gasteiger partial charge in [-0.05, 0) is 23.6 Å². The highest BCUT2D eigenvalue weighted by Crippen LogP contribution is 2.50. The fourth-order valence-electron chi connectivity index (χ4n) is 3.34. The summed E-state index contributed by atoms with van der Waals surface area (Å²) in [5.74, 6) is -0.736. The molecule has 1 N–H and O–H groups in total. The Balaban J connectivity index is 1.71. The summed E-state index contributed by atoms with van der Waals surface area (Å²) in [6.45, 7) is 0. The predicted octanol–water partition coefficient (Wildman–Crippen LogP) is 3.92. The highest BCUT2D eigenvalue weighted by molar-refractivity contribution is 5.28. The van der Waals surface area contributed by atoms with Gasteiger partial charge in [0.15, 0.2) is 5.79 Å². The normalized spacial score (nSPS) is 29.0. The van der Waals surface area contributed by atoms with Crippen LogP contribution in [0.3, 0.4) is 0 Å². The lowest BCUT2D eigenvalue weighted by Crippen LogP contribution is -2.32. The summed E-state index contributed by atoms with van der Waals surface area (Å²) in [5.41, 5.74) is 2.22. The lowest BCUT2D eigenvalue weighted by atomic mass is 9.99. The van der Waals surface area contributed by atoms with E-state index in [0.717, 1.165) is 11.1 Å². The Labute approximate surface area is 136 Å². The topological polar surface area (TPSA) is 38.7 Å². The molecule has 1 fully saturated rings. The molecule has 2 aromatic carbocycles. The van der Waals surface area contributed by atoms with Crippen molar-refractivity contribution in [3.8, 4) is 0 Å². The standard InChI is InChI=1S/C20H20O3/c21-17-11-13-20(14-12-17)22-18(15-7-3-1-4-8-15)19(23-20)16-9-5-2-6-10-16/h1-11,13,17-19,21H,12,14H2/t17-,18+,19+/m0/s1. The maximum absolute atomic E-state index is 9.72. The van der Waals surface area contributed by atoms with Gasteiger partial charge in [0, 0.05) is 6.42 Å². The summed E-state index contributed by atoms with van der Waals surface area (Å²) in [6, 6.07) is 20.4. The molecule has 0 radical (unpaired) electrons. The van der Waals surface area contributed by atoms with Crippen molar-refractivity contribution in [2.24, 2.45) is 0 Å². The van der Waals surface area contributed by atoms with Gasteiger partial charge in [0.2, 0.25) is 0 Å². The maximum atomic E-state index is 9.72. The molecule has 0 bridgehead atoms. The van der Waals surface area contributed by atoms with Crippen LogP contribution in [0.5, 0.6) is 0 Å². The second kappa shape index (κ2) is 5.93. The van der Waals surface area contributed by atoms with E-state index in [4.69, 9.17) is 9.47 Å². The average Bonchev–Trinajstić information content (AvgIpc) is 2.99. The van der Waals surface area contributed by atoms with Gasteiger partial charge in [0.05, 0.1) is 6.10 Å². The Morgan fingerprint density at radius 1 is 0.826 bits per heavy atom. The fourth-order valence-corrected chi connectivity index (χ4v) is 3.34. The van der Waals surface area contributed by atoms with Gasteiger partial charge < -0.3 is 14.6 Å². The number of aliphatic hydroxyl groups excluding tert-OH is 1. The van der Waals surface area contributed by atoms with Crippen molar-refractivity contribution >= 4 is 0 Å². The summed E-state index contributed by atoms with van der Waals surface area (Å²) in [4.78, 5) is 0. The fraction of sp³-hybridized carbons (Fsp3) is 0.300. The van der Waals surface area contributed by atoms with Gasteiger partial charge in [-0.1, -0.05) is 66.7 Å². The highest BCUT2D eigenvalue weighted by Gasteiger charge is 2.48. The Hall–Kier alpha value is -1.94. The first-order valence-electron chi connectivity index (χ1n) is 8.09. The van der Waals surface area contributed by atoms with Gasteiger partial charge in [-0.3, -0.25) is 0 Å². The molecule has 118 valence electrons. The Bertz CT molecular complexity index is 633. The second-order valence-corrected chi connectivity index (χ2v) is 6.18. The SMILES string of the molecule is O[C@H]1C=CC2(CC1)O[C@H](c1ccccc1)[C@@H](c1ccccc1)O2. The number of hydrogen-bond acceptors (Lipinski definition) is 3. The van der Waals surface area contributed by atoms with Crippen LogP contribution in [0, 0.1) is 0 Å². The summed E-state index contributed by atoms with van der Waals surface area (Å²) >= 11 is 0. The van der Waals surface area contributed by atoms with Crippen LogP contribution in [0.25, 0.3) is 0 Å². The van der Waals surface area contributed by atoms with E-state index in [1.807, 2.05) is 42.5 Å². The van der Waals surface area contributed by atoms with Gasteiger partial charge in [-0.15, -0.1) is 0 Å². The van der Waals surface area contributed by atoms with Crippen molar-refractivity contribution in [2.45, 2.75) is 36.9 Å². The van der Waals surface area contributed by atoms with Crippen molar-refractivity contribution in [3.63, 3.8) is 0 Å². The first-order valence-corrected chi connectivity index (χ1v) is 8.09. The molecule has 3 heteroatoms. The van der Waals surface area contributed by atoms with E-state index in [-0.39, 0.29) is 12.2 Å². The second-order valence-electron chi connectivity index (χ2n) is 6.18. The van der Waals surface area contributed by atoms with E-state index in [1.54, 1.807) is 6.08 Å². The molecule has 0 saturated carbocycles. The molecule has 1 aliphatic heterocycles. The number of ether oxygens (including phenoxy) is 2. The highest BCUT2D eigenvalue weighted by atomic mass is 16.8. The van der Waals surface area contributed by atoms with Crippen molar-refractivity contribution in [1.82, 2.24) is 0 Å². The zero-order valence-electron chi connectivity index (χ0n) is 12.8.